The number of hydrogen-bond acceptors (Lipinski definition) is 6. The predicted molar refractivity (Wildman–Crippen MR) is 93.0 cm³/mol. The average molecular weight is 359 g/mol. The third-order valence-electron chi connectivity index (χ3n) is 4.06. The van der Waals surface area contributed by atoms with Crippen LogP contribution in [0.1, 0.15) is 26.2 Å². The number of carbonyl (C=O) groups is 1. The van der Waals surface area contributed by atoms with Gasteiger partial charge >= 0.3 is 11.7 Å². The molecule has 1 atom stereocenters. The fraction of sp³-hybridized carbons (Fsp3) is 0.667. The van der Waals surface area contributed by atoms with Crippen molar-refractivity contribution in [2.45, 2.75) is 32.3 Å². The van der Waals surface area contributed by atoms with Crippen LogP contribution in [0.5, 0.6) is 0 Å². The molecule has 0 radical (unpaired) electrons. The summed E-state index contributed by atoms with van der Waals surface area (Å²) < 4.78 is 6.58. The standard InChI is InChI=1S/C15H23ClN4O4/c1-10(24-11(21)8-16)6-4-5-7-20-9-18(2)12-13(22)17-15(23)19(3)14(12)20/h10H,4-9H2,1-3H3,(H,17,22,23). The van der Waals surface area contributed by atoms with E-state index in [0.717, 1.165) is 19.3 Å². The van der Waals surface area contributed by atoms with Crippen molar-refractivity contribution in [2.24, 2.45) is 7.05 Å². The van der Waals surface area contributed by atoms with Crippen LogP contribution in [-0.4, -0.2) is 47.8 Å². The molecular weight excluding hydrogens is 336 g/mol. The molecule has 0 aliphatic carbocycles. The molecule has 1 aliphatic rings. The Morgan fingerprint density at radius 3 is 2.71 bits per heavy atom. The van der Waals surface area contributed by atoms with E-state index in [4.69, 9.17) is 16.3 Å². The van der Waals surface area contributed by atoms with Gasteiger partial charge in [-0.2, -0.15) is 0 Å². The maximum atomic E-state index is 12.0. The number of esters is 1. The van der Waals surface area contributed by atoms with Gasteiger partial charge in [0, 0.05) is 20.6 Å². The molecular formula is C15H23ClN4O4. The number of unbranched alkanes of at least 4 members (excludes halogenated alkanes) is 1. The number of ether oxygens (including phenoxy) is 1. The van der Waals surface area contributed by atoms with Gasteiger partial charge in [-0.25, -0.2) is 4.79 Å². The third kappa shape index (κ3) is 3.92. The van der Waals surface area contributed by atoms with Gasteiger partial charge in [0.15, 0.2) is 0 Å². The van der Waals surface area contributed by atoms with Gasteiger partial charge in [0.25, 0.3) is 5.56 Å². The number of nitrogens with one attached hydrogen (secondary N) is 1. The Hall–Kier alpha value is -1.96. The van der Waals surface area contributed by atoms with Crippen LogP contribution in [0.3, 0.4) is 0 Å². The lowest BCUT2D eigenvalue weighted by Crippen LogP contribution is -2.32. The van der Waals surface area contributed by atoms with E-state index in [1.54, 1.807) is 7.05 Å². The number of hydrogen-bond donors (Lipinski definition) is 1. The molecule has 24 heavy (non-hydrogen) atoms. The number of anilines is 2. The zero-order valence-electron chi connectivity index (χ0n) is 14.2. The first-order valence-electron chi connectivity index (χ1n) is 7.90. The van der Waals surface area contributed by atoms with Crippen LogP contribution in [0.2, 0.25) is 0 Å². The van der Waals surface area contributed by atoms with E-state index in [9.17, 15) is 14.4 Å². The summed E-state index contributed by atoms with van der Waals surface area (Å²) in [5.41, 5.74) is -0.262. The maximum Gasteiger partial charge on any atom is 0.329 e. The number of fused-ring (bicyclic) bond motifs is 1. The van der Waals surface area contributed by atoms with Crippen LogP contribution in [0, 0.1) is 0 Å². The molecule has 0 saturated heterocycles. The van der Waals surface area contributed by atoms with Crippen LogP contribution in [-0.2, 0) is 16.6 Å². The lowest BCUT2D eigenvalue weighted by molar-refractivity contribution is -0.145. The van der Waals surface area contributed by atoms with Gasteiger partial charge in [-0.05, 0) is 26.2 Å². The first-order chi connectivity index (χ1) is 11.3. The highest BCUT2D eigenvalue weighted by Gasteiger charge is 2.29. The average Bonchev–Trinajstić information content (AvgIpc) is 2.86. The summed E-state index contributed by atoms with van der Waals surface area (Å²) in [6.07, 6.45) is 2.30. The van der Waals surface area contributed by atoms with E-state index in [0.29, 0.717) is 24.7 Å². The number of aromatic amines is 1. The van der Waals surface area contributed by atoms with Gasteiger partial charge in [-0.3, -0.25) is 19.1 Å². The summed E-state index contributed by atoms with van der Waals surface area (Å²) in [5, 5.41) is 0. The second-order valence-electron chi connectivity index (χ2n) is 6.02. The SMILES string of the molecule is CC(CCCCN1CN(C)c2c1n(C)c(=O)[nH]c2=O)OC(=O)CCl. The second kappa shape index (κ2) is 7.74. The first kappa shape index (κ1) is 18.4. The van der Waals surface area contributed by atoms with Gasteiger partial charge in [0.2, 0.25) is 0 Å². The van der Waals surface area contributed by atoms with E-state index < -0.39 is 11.7 Å². The number of carbonyl (C=O) groups excluding carboxylic acids is 1. The summed E-state index contributed by atoms with van der Waals surface area (Å²) in [7, 11) is 3.48. The van der Waals surface area contributed by atoms with E-state index >= 15 is 0 Å². The highest BCUT2D eigenvalue weighted by Crippen LogP contribution is 2.29. The minimum atomic E-state index is -0.416. The smallest absolute Gasteiger partial charge is 0.329 e. The predicted octanol–water partition coefficient (Wildman–Crippen LogP) is 0.628. The van der Waals surface area contributed by atoms with Crippen LogP contribution in [0.15, 0.2) is 9.59 Å². The molecule has 9 heteroatoms. The molecule has 0 fully saturated rings. The fourth-order valence-corrected chi connectivity index (χ4v) is 2.99. The van der Waals surface area contributed by atoms with Crippen LogP contribution >= 0.6 is 11.6 Å². The molecule has 0 amide bonds. The quantitative estimate of drug-likeness (QED) is 0.437. The largest absolute Gasteiger partial charge is 0.462 e. The molecule has 2 rings (SSSR count). The second-order valence-corrected chi connectivity index (χ2v) is 6.29. The Kier molecular flexibility index (Phi) is 5.93. The molecule has 134 valence electrons. The molecule has 1 N–H and O–H groups in total. The van der Waals surface area contributed by atoms with Gasteiger partial charge < -0.3 is 14.5 Å². The topological polar surface area (TPSA) is 87.6 Å². The molecule has 8 nitrogen and oxygen atoms in total. The fourth-order valence-electron chi connectivity index (χ4n) is 2.92. The van der Waals surface area contributed by atoms with E-state index in [1.165, 1.54) is 4.57 Å². The van der Waals surface area contributed by atoms with Crippen molar-refractivity contribution in [1.29, 1.82) is 0 Å². The van der Waals surface area contributed by atoms with Crippen LogP contribution < -0.4 is 21.0 Å². The monoisotopic (exact) mass is 358 g/mol. The number of alkyl halides is 1. The van der Waals surface area contributed by atoms with E-state index in [-0.39, 0.29) is 17.5 Å². The Labute approximate surface area is 145 Å². The third-order valence-corrected chi connectivity index (χ3v) is 4.28. The number of nitrogens with zero attached hydrogens (tertiary/aromatic N) is 3. The normalized spacial score (nSPS) is 14.7. The van der Waals surface area contributed by atoms with Gasteiger partial charge in [-0.1, -0.05) is 0 Å². The summed E-state index contributed by atoms with van der Waals surface area (Å²) in [6, 6.07) is 0. The highest BCUT2D eigenvalue weighted by atomic mass is 35.5. The van der Waals surface area contributed by atoms with Gasteiger partial charge in [0.1, 0.15) is 17.4 Å². The Bertz CT molecular complexity index is 714. The van der Waals surface area contributed by atoms with Crippen molar-refractivity contribution in [2.75, 3.05) is 35.9 Å². The molecule has 0 aromatic carbocycles. The molecule has 1 aromatic heterocycles. The van der Waals surface area contributed by atoms with Crippen molar-refractivity contribution in [1.82, 2.24) is 9.55 Å². The molecule has 0 bridgehead atoms. The highest BCUT2D eigenvalue weighted by molar-refractivity contribution is 6.26. The van der Waals surface area contributed by atoms with Crippen molar-refractivity contribution in [3.63, 3.8) is 0 Å². The Morgan fingerprint density at radius 1 is 1.33 bits per heavy atom. The van der Waals surface area contributed by atoms with Crippen molar-refractivity contribution in [3.8, 4) is 0 Å². The molecule has 1 unspecified atom stereocenters. The Morgan fingerprint density at radius 2 is 2.04 bits per heavy atom. The molecule has 0 saturated carbocycles. The maximum absolute atomic E-state index is 12.0. The Balaban J connectivity index is 1.94. The summed E-state index contributed by atoms with van der Waals surface area (Å²) in [6.45, 7) is 3.11. The molecule has 1 aromatic rings. The number of halogens is 1. The summed E-state index contributed by atoms with van der Waals surface area (Å²) in [4.78, 5) is 41.1. The first-order valence-corrected chi connectivity index (χ1v) is 8.43. The van der Waals surface area contributed by atoms with E-state index in [1.807, 2.05) is 23.8 Å². The van der Waals surface area contributed by atoms with E-state index in [2.05, 4.69) is 4.98 Å². The molecule has 2 heterocycles. The number of rotatable bonds is 7. The molecule has 0 spiro atoms. The lowest BCUT2D eigenvalue weighted by Gasteiger charge is -2.20. The van der Waals surface area contributed by atoms with Crippen LogP contribution in [0.4, 0.5) is 11.5 Å². The van der Waals surface area contributed by atoms with Crippen molar-refractivity contribution >= 4 is 29.1 Å². The van der Waals surface area contributed by atoms with Gasteiger partial charge in [0.05, 0.1) is 12.8 Å². The number of H-pyrrole nitrogens is 1. The molecule has 1 aliphatic heterocycles. The minimum Gasteiger partial charge on any atom is -0.462 e. The summed E-state index contributed by atoms with van der Waals surface area (Å²) >= 11 is 5.40. The zero-order valence-corrected chi connectivity index (χ0v) is 14.9. The zero-order chi connectivity index (χ0) is 17.9. The lowest BCUT2D eigenvalue weighted by atomic mass is 10.1. The van der Waals surface area contributed by atoms with Crippen LogP contribution in [0.25, 0.3) is 0 Å². The number of aromatic nitrogens is 2. The van der Waals surface area contributed by atoms with Crippen molar-refractivity contribution < 1.29 is 9.53 Å². The van der Waals surface area contributed by atoms with Crippen molar-refractivity contribution in [3.05, 3.63) is 20.8 Å². The minimum absolute atomic E-state index is 0.135. The summed E-state index contributed by atoms with van der Waals surface area (Å²) in [5.74, 6) is 0.102. The van der Waals surface area contributed by atoms with Gasteiger partial charge in [-0.15, -0.1) is 11.6 Å².